The van der Waals surface area contributed by atoms with Crippen LogP contribution >= 0.6 is 27.3 Å². The Kier molecular flexibility index (Phi) is 4.31. The van der Waals surface area contributed by atoms with E-state index < -0.39 is 0 Å². The van der Waals surface area contributed by atoms with E-state index in [0.29, 0.717) is 6.04 Å². The van der Waals surface area contributed by atoms with Gasteiger partial charge in [-0.3, -0.25) is 0 Å². The van der Waals surface area contributed by atoms with Gasteiger partial charge in [0.05, 0.1) is 11.2 Å². The molecule has 0 atom stereocenters. The van der Waals surface area contributed by atoms with Crippen molar-refractivity contribution in [2.45, 2.75) is 31.2 Å². The highest BCUT2D eigenvalue weighted by atomic mass is 79.9. The highest BCUT2D eigenvalue weighted by Gasteiger charge is 2.29. The second kappa shape index (κ2) is 6.16. The molecule has 0 bridgehead atoms. The van der Waals surface area contributed by atoms with Crippen molar-refractivity contribution < 1.29 is 0 Å². The SMILES string of the molecule is Brc1ccc(C2CC(NCCc3cscn3)C2)cc1. The second-order valence-electron chi connectivity index (χ2n) is 5.10. The van der Waals surface area contributed by atoms with Crippen LogP contribution in [0.5, 0.6) is 0 Å². The van der Waals surface area contributed by atoms with E-state index in [1.54, 1.807) is 11.3 Å². The topological polar surface area (TPSA) is 24.9 Å². The van der Waals surface area contributed by atoms with Gasteiger partial charge in [-0.05, 0) is 36.5 Å². The fourth-order valence-electron chi connectivity index (χ4n) is 2.56. The summed E-state index contributed by atoms with van der Waals surface area (Å²) in [5.41, 5.74) is 4.59. The van der Waals surface area contributed by atoms with Crippen molar-refractivity contribution in [2.75, 3.05) is 6.54 Å². The average molecular weight is 337 g/mol. The zero-order valence-corrected chi connectivity index (χ0v) is 13.1. The smallest absolute Gasteiger partial charge is 0.0794 e. The number of hydrogen-bond donors (Lipinski definition) is 1. The van der Waals surface area contributed by atoms with Gasteiger partial charge in [-0.1, -0.05) is 28.1 Å². The van der Waals surface area contributed by atoms with Crippen molar-refractivity contribution in [2.24, 2.45) is 0 Å². The van der Waals surface area contributed by atoms with Crippen LogP contribution in [0.25, 0.3) is 0 Å². The van der Waals surface area contributed by atoms with Crippen molar-refractivity contribution >= 4 is 27.3 Å². The summed E-state index contributed by atoms with van der Waals surface area (Å²) in [5, 5.41) is 5.76. The minimum absolute atomic E-state index is 0.687. The average Bonchev–Trinajstić information content (AvgIpc) is 2.87. The maximum atomic E-state index is 4.30. The summed E-state index contributed by atoms with van der Waals surface area (Å²) in [6.07, 6.45) is 3.57. The number of hydrogen-bond acceptors (Lipinski definition) is 3. The van der Waals surface area contributed by atoms with Gasteiger partial charge in [-0.15, -0.1) is 11.3 Å². The number of rotatable bonds is 5. The standard InChI is InChI=1S/C15H17BrN2S/c16-13-3-1-11(2-4-13)12-7-15(8-12)17-6-5-14-9-19-10-18-14/h1-4,9-10,12,15,17H,5-8H2. The normalized spacial score (nSPS) is 22.2. The lowest BCUT2D eigenvalue weighted by atomic mass is 9.76. The summed E-state index contributed by atoms with van der Waals surface area (Å²) in [4.78, 5) is 4.30. The third-order valence-electron chi connectivity index (χ3n) is 3.78. The Hall–Kier alpha value is -0.710. The lowest BCUT2D eigenvalue weighted by Crippen LogP contribution is -2.40. The van der Waals surface area contributed by atoms with Gasteiger partial charge in [-0.2, -0.15) is 0 Å². The van der Waals surface area contributed by atoms with Gasteiger partial charge in [0.25, 0.3) is 0 Å². The summed E-state index contributed by atoms with van der Waals surface area (Å²) >= 11 is 5.16. The zero-order valence-electron chi connectivity index (χ0n) is 10.7. The Morgan fingerprint density at radius 3 is 2.74 bits per heavy atom. The molecule has 0 aliphatic heterocycles. The molecular formula is C15H17BrN2S. The van der Waals surface area contributed by atoms with Gasteiger partial charge in [-0.25, -0.2) is 4.98 Å². The quantitative estimate of drug-likeness (QED) is 0.893. The van der Waals surface area contributed by atoms with Crippen LogP contribution in [0.4, 0.5) is 0 Å². The number of halogens is 1. The first-order valence-electron chi connectivity index (χ1n) is 6.67. The number of benzene rings is 1. The molecule has 1 aliphatic carbocycles. The summed E-state index contributed by atoms with van der Waals surface area (Å²) in [6, 6.07) is 9.43. The van der Waals surface area contributed by atoms with E-state index in [2.05, 4.69) is 55.9 Å². The van der Waals surface area contributed by atoms with Gasteiger partial charge in [0.2, 0.25) is 0 Å². The van der Waals surface area contributed by atoms with Crippen LogP contribution in [-0.4, -0.2) is 17.6 Å². The molecule has 0 unspecified atom stereocenters. The molecule has 2 nitrogen and oxygen atoms in total. The molecule has 1 aliphatic rings. The lowest BCUT2D eigenvalue weighted by Gasteiger charge is -2.36. The molecule has 19 heavy (non-hydrogen) atoms. The van der Waals surface area contributed by atoms with Crippen LogP contribution < -0.4 is 5.32 Å². The first-order chi connectivity index (χ1) is 9.31. The number of thiazole rings is 1. The monoisotopic (exact) mass is 336 g/mol. The summed E-state index contributed by atoms with van der Waals surface area (Å²) in [5.74, 6) is 0.741. The summed E-state index contributed by atoms with van der Waals surface area (Å²) in [7, 11) is 0. The minimum atomic E-state index is 0.687. The molecule has 100 valence electrons. The van der Waals surface area contributed by atoms with Crippen LogP contribution in [0.15, 0.2) is 39.6 Å². The highest BCUT2D eigenvalue weighted by Crippen LogP contribution is 2.37. The van der Waals surface area contributed by atoms with E-state index in [0.717, 1.165) is 23.4 Å². The molecule has 0 saturated heterocycles. The first-order valence-corrected chi connectivity index (χ1v) is 8.41. The van der Waals surface area contributed by atoms with E-state index >= 15 is 0 Å². The van der Waals surface area contributed by atoms with Crippen molar-refractivity contribution in [1.29, 1.82) is 0 Å². The Morgan fingerprint density at radius 1 is 1.26 bits per heavy atom. The van der Waals surface area contributed by atoms with Crippen molar-refractivity contribution in [3.05, 3.63) is 50.9 Å². The van der Waals surface area contributed by atoms with Gasteiger partial charge in [0.15, 0.2) is 0 Å². The molecule has 1 heterocycles. The van der Waals surface area contributed by atoms with Crippen LogP contribution in [0.1, 0.15) is 30.0 Å². The van der Waals surface area contributed by atoms with Crippen molar-refractivity contribution in [1.82, 2.24) is 10.3 Å². The molecule has 0 spiro atoms. The van der Waals surface area contributed by atoms with Crippen LogP contribution in [0, 0.1) is 0 Å². The summed E-state index contributed by atoms with van der Waals surface area (Å²) < 4.78 is 1.16. The fourth-order valence-corrected chi connectivity index (χ4v) is 3.41. The molecule has 1 saturated carbocycles. The number of aromatic nitrogens is 1. The first kappa shape index (κ1) is 13.3. The highest BCUT2D eigenvalue weighted by molar-refractivity contribution is 9.10. The molecule has 1 fully saturated rings. The number of nitrogens with one attached hydrogen (secondary N) is 1. The largest absolute Gasteiger partial charge is 0.314 e. The van der Waals surface area contributed by atoms with Crippen molar-refractivity contribution in [3.63, 3.8) is 0 Å². The Balaban J connectivity index is 1.39. The Bertz CT molecular complexity index is 503. The predicted molar refractivity (Wildman–Crippen MR) is 83.7 cm³/mol. The lowest BCUT2D eigenvalue weighted by molar-refractivity contribution is 0.292. The van der Waals surface area contributed by atoms with Gasteiger partial charge < -0.3 is 5.32 Å². The van der Waals surface area contributed by atoms with Crippen LogP contribution in [0.2, 0.25) is 0 Å². The second-order valence-corrected chi connectivity index (χ2v) is 6.74. The molecule has 1 aromatic heterocycles. The van der Waals surface area contributed by atoms with E-state index in [-0.39, 0.29) is 0 Å². The maximum absolute atomic E-state index is 4.30. The number of nitrogens with zero attached hydrogens (tertiary/aromatic N) is 1. The van der Waals surface area contributed by atoms with E-state index in [4.69, 9.17) is 0 Å². The molecule has 1 aromatic carbocycles. The molecule has 3 rings (SSSR count). The molecule has 1 N–H and O–H groups in total. The predicted octanol–water partition coefficient (Wildman–Crippen LogP) is 3.98. The van der Waals surface area contributed by atoms with E-state index in [1.165, 1.54) is 24.1 Å². The molecule has 4 heteroatoms. The minimum Gasteiger partial charge on any atom is -0.314 e. The van der Waals surface area contributed by atoms with E-state index in [1.807, 2.05) is 5.51 Å². The van der Waals surface area contributed by atoms with Gasteiger partial charge in [0.1, 0.15) is 0 Å². The molecular weight excluding hydrogens is 320 g/mol. The zero-order chi connectivity index (χ0) is 13.1. The Labute approximate surface area is 126 Å². The molecule has 2 aromatic rings. The maximum Gasteiger partial charge on any atom is 0.0794 e. The van der Waals surface area contributed by atoms with Crippen molar-refractivity contribution in [3.8, 4) is 0 Å². The molecule has 0 radical (unpaired) electrons. The van der Waals surface area contributed by atoms with Crippen LogP contribution in [-0.2, 0) is 6.42 Å². The third kappa shape index (κ3) is 3.44. The fraction of sp³-hybridized carbons (Fsp3) is 0.400. The van der Waals surface area contributed by atoms with Gasteiger partial charge >= 0.3 is 0 Å². The van der Waals surface area contributed by atoms with Crippen LogP contribution in [0.3, 0.4) is 0 Å². The molecule has 0 amide bonds. The van der Waals surface area contributed by atoms with Gasteiger partial charge in [0, 0.05) is 28.9 Å². The summed E-state index contributed by atoms with van der Waals surface area (Å²) in [6.45, 7) is 1.04. The van der Waals surface area contributed by atoms with E-state index in [9.17, 15) is 0 Å². The third-order valence-corrected chi connectivity index (χ3v) is 4.94. The Morgan fingerprint density at radius 2 is 2.05 bits per heavy atom.